The highest BCUT2D eigenvalue weighted by atomic mass is 15.4. The average molecular weight is 257 g/mol. The molecule has 0 radical (unpaired) electrons. The fourth-order valence-electron chi connectivity index (χ4n) is 3.85. The molecule has 5 heteroatoms. The normalized spacial score (nSPS) is 26.9. The molecule has 1 aliphatic carbocycles. The minimum atomic E-state index is 0.697. The van der Waals surface area contributed by atoms with Crippen LogP contribution in [0.2, 0.25) is 0 Å². The molecular weight excluding hydrogens is 238 g/mol. The molecule has 0 bridgehead atoms. The summed E-state index contributed by atoms with van der Waals surface area (Å²) in [6.07, 6.45) is 8.37. The molecule has 3 heterocycles. The van der Waals surface area contributed by atoms with Gasteiger partial charge in [-0.05, 0) is 38.5 Å². The fourth-order valence-corrected chi connectivity index (χ4v) is 3.85. The topological polar surface area (TPSA) is 46.3 Å². The summed E-state index contributed by atoms with van der Waals surface area (Å²) in [5.74, 6) is 2.77. The Kier molecular flexibility index (Phi) is 2.47. The van der Waals surface area contributed by atoms with Crippen molar-refractivity contribution in [3.05, 3.63) is 18.1 Å². The number of rotatable bonds is 1. The Morgan fingerprint density at radius 1 is 1.21 bits per heavy atom. The van der Waals surface area contributed by atoms with Crippen molar-refractivity contribution in [2.45, 2.75) is 45.1 Å². The van der Waals surface area contributed by atoms with E-state index in [2.05, 4.69) is 26.0 Å². The van der Waals surface area contributed by atoms with Crippen molar-refractivity contribution < 1.29 is 0 Å². The van der Waals surface area contributed by atoms with Crippen LogP contribution in [0.5, 0.6) is 0 Å². The van der Waals surface area contributed by atoms with Gasteiger partial charge in [-0.15, -0.1) is 0 Å². The Hall–Kier alpha value is -1.65. The van der Waals surface area contributed by atoms with Gasteiger partial charge in [0.05, 0.1) is 0 Å². The number of hydrogen-bond acceptors (Lipinski definition) is 4. The zero-order chi connectivity index (χ0) is 12.8. The van der Waals surface area contributed by atoms with Crippen LogP contribution in [-0.4, -0.2) is 32.2 Å². The van der Waals surface area contributed by atoms with Gasteiger partial charge >= 0.3 is 0 Å². The van der Waals surface area contributed by atoms with E-state index >= 15 is 0 Å². The second-order valence-electron chi connectivity index (χ2n) is 5.82. The second-order valence-corrected chi connectivity index (χ2v) is 5.82. The smallest absolute Gasteiger partial charge is 0.254 e. The summed E-state index contributed by atoms with van der Waals surface area (Å²) in [5, 5.41) is 4.35. The molecule has 2 aromatic heterocycles. The van der Waals surface area contributed by atoms with E-state index in [0.29, 0.717) is 6.04 Å². The summed E-state index contributed by atoms with van der Waals surface area (Å²) in [4.78, 5) is 11.2. The number of hydrogen-bond donors (Lipinski definition) is 0. The standard InChI is InChI=1S/C14H19N5/c1-10-8-13(19-14(17-10)15-9-16-19)18-7-3-5-11-4-2-6-12(11)18/h8-9,11-12H,2-7H2,1H3/t11-,12+/m0/s1. The summed E-state index contributed by atoms with van der Waals surface area (Å²) in [6, 6.07) is 2.85. The highest BCUT2D eigenvalue weighted by Gasteiger charge is 2.36. The predicted octanol–water partition coefficient (Wildman–Crippen LogP) is 2.20. The molecular formula is C14H19N5. The summed E-state index contributed by atoms with van der Waals surface area (Å²) < 4.78 is 1.90. The summed E-state index contributed by atoms with van der Waals surface area (Å²) in [5.41, 5.74) is 1.02. The van der Waals surface area contributed by atoms with Crippen LogP contribution in [0.1, 0.15) is 37.8 Å². The molecule has 2 atom stereocenters. The lowest BCUT2D eigenvalue weighted by Gasteiger charge is -2.39. The Morgan fingerprint density at radius 3 is 3.05 bits per heavy atom. The highest BCUT2D eigenvalue weighted by Crippen LogP contribution is 2.39. The van der Waals surface area contributed by atoms with Crippen molar-refractivity contribution in [1.82, 2.24) is 19.6 Å². The molecule has 100 valence electrons. The zero-order valence-corrected chi connectivity index (χ0v) is 11.3. The van der Waals surface area contributed by atoms with Gasteiger partial charge < -0.3 is 4.90 Å². The van der Waals surface area contributed by atoms with Gasteiger partial charge in [-0.3, -0.25) is 0 Å². The molecule has 2 fully saturated rings. The van der Waals surface area contributed by atoms with Gasteiger partial charge in [-0.2, -0.15) is 14.6 Å². The van der Waals surface area contributed by atoms with E-state index in [0.717, 1.165) is 23.9 Å². The van der Waals surface area contributed by atoms with Gasteiger partial charge in [0.15, 0.2) is 0 Å². The minimum absolute atomic E-state index is 0.697. The zero-order valence-electron chi connectivity index (χ0n) is 11.3. The van der Waals surface area contributed by atoms with E-state index in [4.69, 9.17) is 0 Å². The molecule has 1 aliphatic heterocycles. The van der Waals surface area contributed by atoms with Crippen LogP contribution in [0.4, 0.5) is 5.82 Å². The Labute approximate surface area is 112 Å². The molecule has 1 saturated heterocycles. The molecule has 2 aromatic rings. The van der Waals surface area contributed by atoms with Gasteiger partial charge in [-0.25, -0.2) is 4.98 Å². The minimum Gasteiger partial charge on any atom is -0.353 e. The van der Waals surface area contributed by atoms with Crippen molar-refractivity contribution in [3.8, 4) is 0 Å². The van der Waals surface area contributed by atoms with Crippen molar-refractivity contribution in [2.24, 2.45) is 5.92 Å². The lowest BCUT2D eigenvalue weighted by Crippen LogP contribution is -2.43. The van der Waals surface area contributed by atoms with E-state index in [-0.39, 0.29) is 0 Å². The van der Waals surface area contributed by atoms with Crippen LogP contribution in [0, 0.1) is 12.8 Å². The van der Waals surface area contributed by atoms with Gasteiger partial charge in [0, 0.05) is 24.3 Å². The first kappa shape index (κ1) is 11.2. The Morgan fingerprint density at radius 2 is 2.11 bits per heavy atom. The van der Waals surface area contributed by atoms with E-state index in [1.807, 2.05) is 11.4 Å². The summed E-state index contributed by atoms with van der Waals surface area (Å²) >= 11 is 0. The number of aryl methyl sites for hydroxylation is 1. The lowest BCUT2D eigenvalue weighted by molar-refractivity contribution is 0.359. The van der Waals surface area contributed by atoms with Crippen LogP contribution in [0.25, 0.3) is 5.78 Å². The number of aromatic nitrogens is 4. The van der Waals surface area contributed by atoms with Crippen LogP contribution in [0.3, 0.4) is 0 Å². The predicted molar refractivity (Wildman–Crippen MR) is 73.2 cm³/mol. The van der Waals surface area contributed by atoms with Gasteiger partial charge in [0.1, 0.15) is 12.1 Å². The quantitative estimate of drug-likeness (QED) is 0.785. The van der Waals surface area contributed by atoms with Crippen LogP contribution >= 0.6 is 0 Å². The van der Waals surface area contributed by atoms with Gasteiger partial charge in [0.2, 0.25) is 0 Å². The van der Waals surface area contributed by atoms with Crippen molar-refractivity contribution in [2.75, 3.05) is 11.4 Å². The molecule has 1 saturated carbocycles. The molecule has 2 aliphatic rings. The third-order valence-corrected chi connectivity index (χ3v) is 4.65. The number of nitrogens with zero attached hydrogens (tertiary/aromatic N) is 5. The van der Waals surface area contributed by atoms with Gasteiger partial charge in [0.25, 0.3) is 5.78 Å². The highest BCUT2D eigenvalue weighted by molar-refractivity contribution is 5.48. The Bertz CT molecular complexity index is 605. The van der Waals surface area contributed by atoms with E-state index < -0.39 is 0 Å². The number of anilines is 1. The fraction of sp³-hybridized carbons (Fsp3) is 0.643. The molecule has 0 N–H and O–H groups in total. The number of piperidine rings is 1. The SMILES string of the molecule is Cc1cc(N2CCC[C@@H]3CCC[C@H]32)n2ncnc2n1. The average Bonchev–Trinajstić information content (AvgIpc) is 3.04. The molecule has 5 nitrogen and oxygen atoms in total. The lowest BCUT2D eigenvalue weighted by atomic mass is 9.92. The molecule has 0 aromatic carbocycles. The van der Waals surface area contributed by atoms with E-state index in [1.165, 1.54) is 37.9 Å². The first-order valence-electron chi connectivity index (χ1n) is 7.27. The summed E-state index contributed by atoms with van der Waals surface area (Å²) in [6.45, 7) is 3.17. The van der Waals surface area contributed by atoms with Crippen LogP contribution in [0.15, 0.2) is 12.4 Å². The van der Waals surface area contributed by atoms with Gasteiger partial charge in [-0.1, -0.05) is 6.42 Å². The molecule has 0 amide bonds. The third-order valence-electron chi connectivity index (χ3n) is 4.65. The monoisotopic (exact) mass is 257 g/mol. The third kappa shape index (κ3) is 1.71. The van der Waals surface area contributed by atoms with E-state index in [1.54, 1.807) is 6.33 Å². The molecule has 4 rings (SSSR count). The first-order valence-corrected chi connectivity index (χ1v) is 7.27. The summed E-state index contributed by atoms with van der Waals surface area (Å²) in [7, 11) is 0. The van der Waals surface area contributed by atoms with Crippen molar-refractivity contribution in [3.63, 3.8) is 0 Å². The number of fused-ring (bicyclic) bond motifs is 2. The van der Waals surface area contributed by atoms with Crippen LogP contribution < -0.4 is 4.90 Å². The second kappa shape index (κ2) is 4.18. The Balaban J connectivity index is 1.82. The van der Waals surface area contributed by atoms with Crippen molar-refractivity contribution in [1.29, 1.82) is 0 Å². The maximum absolute atomic E-state index is 4.44. The molecule has 0 unspecified atom stereocenters. The molecule has 0 spiro atoms. The largest absolute Gasteiger partial charge is 0.353 e. The molecule has 19 heavy (non-hydrogen) atoms. The van der Waals surface area contributed by atoms with Crippen molar-refractivity contribution >= 4 is 11.6 Å². The van der Waals surface area contributed by atoms with E-state index in [9.17, 15) is 0 Å². The maximum atomic E-state index is 4.44. The maximum Gasteiger partial charge on any atom is 0.254 e. The van der Waals surface area contributed by atoms with Crippen LogP contribution in [-0.2, 0) is 0 Å². The first-order chi connectivity index (χ1) is 9.33.